The normalized spacial score (nSPS) is 11.9. The summed E-state index contributed by atoms with van der Waals surface area (Å²) in [5.74, 6) is 1.33. The summed E-state index contributed by atoms with van der Waals surface area (Å²) >= 11 is 0. The summed E-state index contributed by atoms with van der Waals surface area (Å²) in [5.41, 5.74) is 16.2. The van der Waals surface area contributed by atoms with Gasteiger partial charge in [0.15, 0.2) is 17.5 Å². The maximum atomic E-state index is 15.5. The minimum absolute atomic E-state index is 0.380. The van der Waals surface area contributed by atoms with E-state index >= 15 is 13.2 Å². The Bertz CT molecular complexity index is 4340. The van der Waals surface area contributed by atoms with E-state index in [1.165, 1.54) is 34.4 Å². The molecule has 0 bridgehead atoms. The van der Waals surface area contributed by atoms with Crippen molar-refractivity contribution in [3.8, 4) is 78.9 Å². The van der Waals surface area contributed by atoms with Crippen molar-refractivity contribution < 1.29 is 13.2 Å². The van der Waals surface area contributed by atoms with Gasteiger partial charge in [-0.2, -0.15) is 13.2 Å². The molecule has 0 amide bonds. The standard InChI is InChI=1S/C68H48F3N5/c1-41-31-42(2)34-50(33-41)47-23-27-61-55(37-47)53-19-11-13-21-59(53)75(61)63-29-25-49(67-73-65(45-15-7-5-8-16-45)72-66(74-67)46-17-9-6-10-18-46)39-57(63)58-40-52(68(69,70)71)26-30-64(58)76-60-22-14-12-20-54(60)56-38-48(24-28-62(56)76)51-35-43(3)32-44(4)36-51/h5-40H,1-4H3. The van der Waals surface area contributed by atoms with Gasteiger partial charge in [0.2, 0.25) is 0 Å². The molecule has 13 rings (SSSR count). The molecular formula is C68H48F3N5. The van der Waals surface area contributed by atoms with E-state index < -0.39 is 11.7 Å². The smallest absolute Gasteiger partial charge is 0.309 e. The number of hydrogen-bond acceptors (Lipinski definition) is 3. The SMILES string of the molecule is Cc1cc(C)cc(-c2ccc3c(c2)c2ccccc2n3-c2ccc(-c3nc(-c4ccccc4)nc(-c4ccccc4)n3)cc2-c2cc(C(F)(F)F)ccc2-n2c3ccccc3c3cc(-c4cc(C)cc(C)c4)ccc32)c1. The maximum absolute atomic E-state index is 15.5. The third kappa shape index (κ3) is 8.19. The van der Waals surface area contributed by atoms with E-state index in [4.69, 9.17) is 15.0 Å². The monoisotopic (exact) mass is 991 g/mol. The number of benzene rings is 10. The molecule has 0 unspecified atom stereocenters. The van der Waals surface area contributed by atoms with Gasteiger partial charge in [0.1, 0.15) is 0 Å². The zero-order valence-electron chi connectivity index (χ0n) is 42.2. The van der Waals surface area contributed by atoms with Gasteiger partial charge in [-0.3, -0.25) is 0 Å². The van der Waals surface area contributed by atoms with Crippen LogP contribution in [0.5, 0.6) is 0 Å². The Hall–Kier alpha value is -9.40. The number of aryl methyl sites for hydroxylation is 4. The number of fused-ring (bicyclic) bond motifs is 6. The Labute approximate surface area is 437 Å². The van der Waals surface area contributed by atoms with Crippen LogP contribution in [0, 0.1) is 27.7 Å². The molecule has 0 saturated heterocycles. The first-order valence-electron chi connectivity index (χ1n) is 25.4. The summed E-state index contributed by atoms with van der Waals surface area (Å²) < 4.78 is 50.7. The van der Waals surface area contributed by atoms with Gasteiger partial charge >= 0.3 is 6.18 Å². The Balaban J connectivity index is 1.12. The fourth-order valence-corrected chi connectivity index (χ4v) is 11.3. The van der Waals surface area contributed by atoms with E-state index in [1.54, 1.807) is 6.07 Å². The van der Waals surface area contributed by atoms with Crippen LogP contribution in [0.2, 0.25) is 0 Å². The molecule has 76 heavy (non-hydrogen) atoms. The van der Waals surface area contributed by atoms with Crippen molar-refractivity contribution >= 4 is 43.6 Å². The second-order valence-corrected chi connectivity index (χ2v) is 19.9. The highest BCUT2D eigenvalue weighted by Gasteiger charge is 2.33. The van der Waals surface area contributed by atoms with Crippen LogP contribution in [0.1, 0.15) is 27.8 Å². The third-order valence-electron chi connectivity index (χ3n) is 14.5. The molecule has 0 aliphatic heterocycles. The van der Waals surface area contributed by atoms with Crippen LogP contribution in [0.3, 0.4) is 0 Å². The van der Waals surface area contributed by atoms with Gasteiger partial charge in [-0.05, 0) is 123 Å². The number of halogens is 3. The highest BCUT2D eigenvalue weighted by molar-refractivity contribution is 6.13. The minimum Gasteiger partial charge on any atom is -0.309 e. The van der Waals surface area contributed by atoms with Crippen molar-refractivity contribution in [2.24, 2.45) is 0 Å². The van der Waals surface area contributed by atoms with E-state index in [0.717, 1.165) is 77.0 Å². The Morgan fingerprint density at radius 1 is 0.303 bits per heavy atom. The molecule has 366 valence electrons. The van der Waals surface area contributed by atoms with E-state index in [-0.39, 0.29) is 0 Å². The molecular weight excluding hydrogens is 944 g/mol. The molecule has 0 atom stereocenters. The van der Waals surface area contributed by atoms with Crippen molar-refractivity contribution in [2.45, 2.75) is 33.9 Å². The van der Waals surface area contributed by atoms with Crippen molar-refractivity contribution in [3.05, 3.63) is 246 Å². The average Bonchev–Trinajstić information content (AvgIpc) is 3.94. The molecule has 8 heteroatoms. The van der Waals surface area contributed by atoms with Crippen LogP contribution in [-0.4, -0.2) is 24.1 Å². The van der Waals surface area contributed by atoms with E-state index in [0.29, 0.717) is 45.5 Å². The lowest BCUT2D eigenvalue weighted by Crippen LogP contribution is -2.08. The van der Waals surface area contributed by atoms with Crippen LogP contribution in [0.15, 0.2) is 218 Å². The van der Waals surface area contributed by atoms with Gasteiger partial charge in [-0.15, -0.1) is 0 Å². The summed E-state index contributed by atoms with van der Waals surface area (Å²) in [7, 11) is 0. The molecule has 5 nitrogen and oxygen atoms in total. The van der Waals surface area contributed by atoms with Crippen molar-refractivity contribution in [1.29, 1.82) is 0 Å². The summed E-state index contributed by atoms with van der Waals surface area (Å²) in [5, 5.41) is 4.01. The Kier molecular flexibility index (Phi) is 11.1. The maximum Gasteiger partial charge on any atom is 0.416 e. The first kappa shape index (κ1) is 46.4. The third-order valence-corrected chi connectivity index (χ3v) is 14.5. The summed E-state index contributed by atoms with van der Waals surface area (Å²) in [6.07, 6.45) is -4.66. The fourth-order valence-electron chi connectivity index (χ4n) is 11.3. The molecule has 0 fully saturated rings. The molecule has 0 aliphatic rings. The van der Waals surface area contributed by atoms with Crippen LogP contribution >= 0.6 is 0 Å². The van der Waals surface area contributed by atoms with Crippen molar-refractivity contribution in [1.82, 2.24) is 24.1 Å². The molecule has 0 N–H and O–H groups in total. The summed E-state index contributed by atoms with van der Waals surface area (Å²) in [6.45, 7) is 8.42. The zero-order chi connectivity index (χ0) is 51.8. The molecule has 3 heterocycles. The topological polar surface area (TPSA) is 48.5 Å². The van der Waals surface area contributed by atoms with E-state index in [1.807, 2.05) is 109 Å². The summed E-state index contributed by atoms with van der Waals surface area (Å²) in [6, 6.07) is 72.0. The lowest BCUT2D eigenvalue weighted by atomic mass is 9.96. The second kappa shape index (κ2) is 18.2. The van der Waals surface area contributed by atoms with Crippen LogP contribution in [-0.2, 0) is 6.18 Å². The Morgan fingerprint density at radius 3 is 1.14 bits per heavy atom. The zero-order valence-corrected chi connectivity index (χ0v) is 42.2. The predicted molar refractivity (Wildman–Crippen MR) is 305 cm³/mol. The van der Waals surface area contributed by atoms with Gasteiger partial charge in [0.05, 0.1) is 39.0 Å². The van der Waals surface area contributed by atoms with Gasteiger partial charge in [-0.25, -0.2) is 15.0 Å². The molecule has 0 saturated carbocycles. The van der Waals surface area contributed by atoms with Gasteiger partial charge in [0, 0.05) is 49.4 Å². The van der Waals surface area contributed by atoms with E-state index in [2.05, 4.69) is 128 Å². The number of alkyl halides is 3. The second-order valence-electron chi connectivity index (χ2n) is 19.9. The number of hydrogen-bond donors (Lipinski definition) is 0. The number of para-hydroxylation sites is 2. The number of rotatable bonds is 8. The molecule has 0 aliphatic carbocycles. The first-order chi connectivity index (χ1) is 36.9. The van der Waals surface area contributed by atoms with Gasteiger partial charge in [-0.1, -0.05) is 168 Å². The average molecular weight is 992 g/mol. The lowest BCUT2D eigenvalue weighted by Gasteiger charge is -2.21. The first-order valence-corrected chi connectivity index (χ1v) is 25.4. The van der Waals surface area contributed by atoms with Crippen molar-refractivity contribution in [3.63, 3.8) is 0 Å². The van der Waals surface area contributed by atoms with Crippen LogP contribution in [0.4, 0.5) is 13.2 Å². The number of aromatic nitrogens is 5. The number of nitrogens with zero attached hydrogens (tertiary/aromatic N) is 5. The quantitative estimate of drug-likeness (QED) is 0.152. The minimum atomic E-state index is -4.66. The Morgan fingerprint density at radius 2 is 0.684 bits per heavy atom. The molecule has 0 spiro atoms. The molecule has 3 aromatic heterocycles. The predicted octanol–water partition coefficient (Wildman–Crippen LogP) is 18.3. The van der Waals surface area contributed by atoms with Gasteiger partial charge in [0.25, 0.3) is 0 Å². The fraction of sp³-hybridized carbons (Fsp3) is 0.0735. The lowest BCUT2D eigenvalue weighted by molar-refractivity contribution is -0.137. The highest BCUT2D eigenvalue weighted by Crippen LogP contribution is 2.45. The molecule has 0 radical (unpaired) electrons. The van der Waals surface area contributed by atoms with Crippen LogP contribution < -0.4 is 0 Å². The largest absolute Gasteiger partial charge is 0.416 e. The van der Waals surface area contributed by atoms with Gasteiger partial charge < -0.3 is 9.13 Å². The summed E-state index contributed by atoms with van der Waals surface area (Å²) in [4.78, 5) is 15.2. The molecule has 13 aromatic rings. The molecule has 10 aromatic carbocycles. The van der Waals surface area contributed by atoms with Crippen LogP contribution in [0.25, 0.3) is 123 Å². The van der Waals surface area contributed by atoms with E-state index in [9.17, 15) is 0 Å². The highest BCUT2D eigenvalue weighted by atomic mass is 19.4. The van der Waals surface area contributed by atoms with Crippen molar-refractivity contribution in [2.75, 3.05) is 0 Å².